The number of Topliss-reactive ketones (excluding diaryl/α,β-unsaturated/α-hetero) is 1. The quantitative estimate of drug-likeness (QED) is 0.420. The van der Waals surface area contributed by atoms with Crippen LogP contribution in [-0.2, 0) is 9.59 Å². The van der Waals surface area contributed by atoms with Gasteiger partial charge in [0.1, 0.15) is 0 Å². The first-order valence-electron chi connectivity index (χ1n) is 5.50. The molecule has 0 saturated heterocycles. The third kappa shape index (κ3) is 4.79. The summed E-state index contributed by atoms with van der Waals surface area (Å²) in [5.41, 5.74) is 0.939. The number of carbonyl (C=O) groups is 2. The summed E-state index contributed by atoms with van der Waals surface area (Å²) in [6.07, 6.45) is 3.49. The van der Waals surface area contributed by atoms with Crippen molar-refractivity contribution in [2.45, 2.75) is 34.6 Å². The molecule has 0 saturated carbocycles. The Morgan fingerprint density at radius 2 is 1.88 bits per heavy atom. The van der Waals surface area contributed by atoms with Gasteiger partial charge in [0.25, 0.3) is 0 Å². The van der Waals surface area contributed by atoms with E-state index >= 15 is 0 Å². The van der Waals surface area contributed by atoms with Crippen LogP contribution in [0.1, 0.15) is 34.6 Å². The Bertz CT molecular complexity index is 325. The molecule has 0 fully saturated rings. The molecule has 0 aromatic carbocycles. The average Bonchev–Trinajstić information content (AvgIpc) is 2.23. The molecule has 0 heterocycles. The van der Waals surface area contributed by atoms with E-state index in [0.717, 1.165) is 0 Å². The highest BCUT2D eigenvalue weighted by molar-refractivity contribution is 8.14. The van der Waals surface area contributed by atoms with E-state index in [2.05, 4.69) is 0 Å². The van der Waals surface area contributed by atoms with Crippen LogP contribution in [0.3, 0.4) is 0 Å². The zero-order valence-electron chi connectivity index (χ0n) is 10.7. The highest BCUT2D eigenvalue weighted by atomic mass is 32.2. The number of hydrogen-bond acceptors (Lipinski definition) is 3. The van der Waals surface area contributed by atoms with E-state index < -0.39 is 0 Å². The Hall–Kier alpha value is -0.830. The molecule has 0 spiro atoms. The number of allylic oxidation sites excluding steroid dienone is 3. The van der Waals surface area contributed by atoms with Crippen LogP contribution in [0.25, 0.3) is 0 Å². The van der Waals surface area contributed by atoms with Crippen molar-refractivity contribution in [2.75, 3.05) is 5.75 Å². The maximum Gasteiger partial charge on any atom is 0.222 e. The Labute approximate surface area is 102 Å². The van der Waals surface area contributed by atoms with Crippen LogP contribution in [-0.4, -0.2) is 16.7 Å². The second-order valence-electron chi connectivity index (χ2n) is 3.85. The summed E-state index contributed by atoms with van der Waals surface area (Å²) in [6, 6.07) is 0. The van der Waals surface area contributed by atoms with Gasteiger partial charge >= 0.3 is 0 Å². The number of thioether (sulfide) groups is 1. The Kier molecular flexibility index (Phi) is 7.06. The highest BCUT2D eigenvalue weighted by Crippen LogP contribution is 2.17. The molecule has 0 atom stereocenters. The van der Waals surface area contributed by atoms with Gasteiger partial charge in [0, 0.05) is 0 Å². The largest absolute Gasteiger partial charge is 0.289 e. The second kappa shape index (κ2) is 7.44. The first-order chi connectivity index (χ1) is 7.43. The SMILES string of the molecule is C/C=C(\C)C(=O)/C(=C/C(C)C)C(=O)SCC. The van der Waals surface area contributed by atoms with E-state index in [0.29, 0.717) is 16.9 Å². The number of rotatable bonds is 5. The van der Waals surface area contributed by atoms with Crippen molar-refractivity contribution in [3.63, 3.8) is 0 Å². The maximum absolute atomic E-state index is 12.0. The summed E-state index contributed by atoms with van der Waals surface area (Å²) in [5.74, 6) is 0.739. The molecule has 0 N–H and O–H groups in total. The third-order valence-corrected chi connectivity index (χ3v) is 2.80. The fourth-order valence-electron chi connectivity index (χ4n) is 1.12. The maximum atomic E-state index is 12.0. The molecule has 0 aromatic heterocycles. The molecule has 0 aliphatic carbocycles. The van der Waals surface area contributed by atoms with Gasteiger partial charge in [0.15, 0.2) is 5.78 Å². The smallest absolute Gasteiger partial charge is 0.222 e. The molecule has 90 valence electrons. The Morgan fingerprint density at radius 3 is 2.25 bits per heavy atom. The van der Waals surface area contributed by atoms with E-state index in [9.17, 15) is 9.59 Å². The molecular formula is C13H20O2S. The van der Waals surface area contributed by atoms with Crippen molar-refractivity contribution in [1.29, 1.82) is 0 Å². The first-order valence-corrected chi connectivity index (χ1v) is 6.49. The highest BCUT2D eigenvalue weighted by Gasteiger charge is 2.19. The van der Waals surface area contributed by atoms with Gasteiger partial charge in [-0.3, -0.25) is 9.59 Å². The number of hydrogen-bond donors (Lipinski definition) is 0. The van der Waals surface area contributed by atoms with Gasteiger partial charge in [0.2, 0.25) is 5.12 Å². The van der Waals surface area contributed by atoms with Crippen LogP contribution in [0.15, 0.2) is 23.3 Å². The molecule has 0 amide bonds. The van der Waals surface area contributed by atoms with Crippen molar-refractivity contribution in [2.24, 2.45) is 5.92 Å². The van der Waals surface area contributed by atoms with Crippen LogP contribution in [0, 0.1) is 5.92 Å². The molecule has 0 aliphatic heterocycles. The topological polar surface area (TPSA) is 34.1 Å². The lowest BCUT2D eigenvalue weighted by Crippen LogP contribution is -2.12. The monoisotopic (exact) mass is 240 g/mol. The fraction of sp³-hybridized carbons (Fsp3) is 0.538. The summed E-state index contributed by atoms with van der Waals surface area (Å²) >= 11 is 1.18. The molecule has 0 rings (SSSR count). The molecule has 0 aromatic rings. The van der Waals surface area contributed by atoms with Crippen molar-refractivity contribution in [3.8, 4) is 0 Å². The third-order valence-electron chi connectivity index (χ3n) is 2.03. The van der Waals surface area contributed by atoms with Gasteiger partial charge in [-0.15, -0.1) is 0 Å². The van der Waals surface area contributed by atoms with Gasteiger partial charge in [-0.05, 0) is 31.1 Å². The van der Waals surface area contributed by atoms with E-state index in [-0.39, 0.29) is 16.8 Å². The minimum absolute atomic E-state index is 0.123. The summed E-state index contributed by atoms with van der Waals surface area (Å²) in [6.45, 7) is 9.37. The standard InChI is InChI=1S/C13H20O2S/c1-6-10(5)12(14)11(8-9(3)4)13(15)16-7-2/h6,8-9H,7H2,1-5H3/b10-6+,11-8-. The fourth-order valence-corrected chi connectivity index (χ4v) is 1.70. The van der Waals surface area contributed by atoms with E-state index in [1.165, 1.54) is 11.8 Å². The molecule has 0 radical (unpaired) electrons. The lowest BCUT2D eigenvalue weighted by atomic mass is 10.0. The predicted octanol–water partition coefficient (Wildman–Crippen LogP) is 3.38. The molecule has 0 aliphatic rings. The van der Waals surface area contributed by atoms with E-state index in [1.54, 1.807) is 26.0 Å². The molecule has 3 heteroatoms. The van der Waals surface area contributed by atoms with Crippen molar-refractivity contribution >= 4 is 22.7 Å². The second-order valence-corrected chi connectivity index (χ2v) is 5.08. The number of carbonyl (C=O) groups excluding carboxylic acids is 2. The van der Waals surface area contributed by atoms with Crippen LogP contribution in [0.2, 0.25) is 0 Å². The summed E-state index contributed by atoms with van der Waals surface area (Å²) in [4.78, 5) is 23.7. The van der Waals surface area contributed by atoms with Gasteiger partial charge in [-0.25, -0.2) is 0 Å². The number of ketones is 1. The molecular weight excluding hydrogens is 220 g/mol. The minimum Gasteiger partial charge on any atom is -0.289 e. The zero-order valence-corrected chi connectivity index (χ0v) is 11.5. The molecule has 16 heavy (non-hydrogen) atoms. The van der Waals surface area contributed by atoms with Crippen molar-refractivity contribution in [1.82, 2.24) is 0 Å². The van der Waals surface area contributed by atoms with Gasteiger partial charge in [-0.2, -0.15) is 0 Å². The van der Waals surface area contributed by atoms with Crippen LogP contribution in [0.5, 0.6) is 0 Å². The molecule has 0 bridgehead atoms. The lowest BCUT2D eigenvalue weighted by Gasteiger charge is -2.06. The van der Waals surface area contributed by atoms with Crippen molar-refractivity contribution in [3.05, 3.63) is 23.3 Å². The molecule has 2 nitrogen and oxygen atoms in total. The summed E-state index contributed by atoms with van der Waals surface area (Å²) < 4.78 is 0. The Morgan fingerprint density at radius 1 is 1.31 bits per heavy atom. The average molecular weight is 240 g/mol. The van der Waals surface area contributed by atoms with E-state index in [4.69, 9.17) is 0 Å². The normalized spacial score (nSPS) is 13.1. The van der Waals surface area contributed by atoms with Crippen molar-refractivity contribution < 1.29 is 9.59 Å². The van der Waals surface area contributed by atoms with Crippen LogP contribution in [0.4, 0.5) is 0 Å². The Balaban J connectivity index is 5.11. The first kappa shape index (κ1) is 15.2. The molecule has 0 unspecified atom stereocenters. The van der Waals surface area contributed by atoms with E-state index in [1.807, 2.05) is 20.8 Å². The predicted molar refractivity (Wildman–Crippen MR) is 70.5 cm³/mol. The zero-order chi connectivity index (χ0) is 12.7. The van der Waals surface area contributed by atoms with Gasteiger partial charge in [-0.1, -0.05) is 44.7 Å². The van der Waals surface area contributed by atoms with Crippen LogP contribution >= 0.6 is 11.8 Å². The van der Waals surface area contributed by atoms with Crippen LogP contribution < -0.4 is 0 Å². The summed E-state index contributed by atoms with van der Waals surface area (Å²) in [7, 11) is 0. The lowest BCUT2D eigenvalue weighted by molar-refractivity contribution is -0.115. The van der Waals surface area contributed by atoms with Gasteiger partial charge < -0.3 is 0 Å². The van der Waals surface area contributed by atoms with Gasteiger partial charge in [0.05, 0.1) is 5.57 Å². The summed E-state index contributed by atoms with van der Waals surface area (Å²) in [5, 5.41) is -0.123. The minimum atomic E-state index is -0.151.